The summed E-state index contributed by atoms with van der Waals surface area (Å²) in [5.41, 5.74) is 8.41. The molecule has 1 saturated carbocycles. The second-order valence-electron chi connectivity index (χ2n) is 9.02. The summed E-state index contributed by atoms with van der Waals surface area (Å²) >= 11 is 1.34. The molecular formula is C25H30N7OS+. The van der Waals surface area contributed by atoms with Gasteiger partial charge in [-0.1, -0.05) is 19.8 Å². The normalized spacial score (nSPS) is 18.7. The molecule has 34 heavy (non-hydrogen) atoms. The molecule has 0 unspecified atom stereocenters. The van der Waals surface area contributed by atoms with Crippen molar-refractivity contribution in [3.05, 3.63) is 45.7 Å². The van der Waals surface area contributed by atoms with E-state index in [-0.39, 0.29) is 23.8 Å². The van der Waals surface area contributed by atoms with Crippen LogP contribution in [0.5, 0.6) is 0 Å². The van der Waals surface area contributed by atoms with Gasteiger partial charge in [-0.05, 0) is 54.8 Å². The van der Waals surface area contributed by atoms with Crippen molar-refractivity contribution in [1.82, 2.24) is 19.9 Å². The molecule has 4 rings (SSSR count). The highest BCUT2D eigenvalue weighted by atomic mass is 32.1. The minimum Gasteiger partial charge on any atom is -0.361 e. The molecule has 5 N–H and O–H groups in total. The predicted molar refractivity (Wildman–Crippen MR) is 136 cm³/mol. The monoisotopic (exact) mass is 476 g/mol. The lowest BCUT2D eigenvalue weighted by Gasteiger charge is -2.32. The molecule has 3 heterocycles. The Balaban J connectivity index is 1.64. The quantitative estimate of drug-likeness (QED) is 0.274. The zero-order chi connectivity index (χ0) is 24.2. The zero-order valence-corrected chi connectivity index (χ0v) is 20.3. The number of nitrogens with one attached hydrogen (secondary N) is 1. The van der Waals surface area contributed by atoms with Crippen LogP contribution in [0, 0.1) is 18.3 Å². The Morgan fingerprint density at radius 2 is 2.29 bits per heavy atom. The summed E-state index contributed by atoms with van der Waals surface area (Å²) in [6.45, 7) is 4.37. The van der Waals surface area contributed by atoms with Gasteiger partial charge in [0.05, 0.1) is 21.5 Å². The zero-order valence-electron chi connectivity index (χ0n) is 19.5. The molecule has 0 bridgehead atoms. The van der Waals surface area contributed by atoms with Gasteiger partial charge in [-0.15, -0.1) is 17.8 Å². The molecule has 2 atom stereocenters. The molecule has 0 aliphatic heterocycles. The van der Waals surface area contributed by atoms with E-state index in [9.17, 15) is 4.79 Å². The average Bonchev–Trinajstić information content (AvgIpc) is 3.43. The second kappa shape index (κ2) is 10.2. The van der Waals surface area contributed by atoms with Crippen molar-refractivity contribution >= 4 is 40.5 Å². The summed E-state index contributed by atoms with van der Waals surface area (Å²) in [4.78, 5) is 27.5. The van der Waals surface area contributed by atoms with E-state index in [0.717, 1.165) is 60.2 Å². The lowest BCUT2D eigenvalue weighted by Crippen LogP contribution is -2.38. The van der Waals surface area contributed by atoms with Crippen LogP contribution in [0.3, 0.4) is 0 Å². The SMILES string of the molecule is C#Cc1ccc(C(=O)N[C@H]2CCC[C@@H](n3c(CC(C)C)nc4cnc(C(N)=NC=[NH2+])cc43)C2)s1. The number of carbonyl (C=O) groups is 1. The Morgan fingerprint density at radius 3 is 3.00 bits per heavy atom. The highest BCUT2D eigenvalue weighted by Gasteiger charge is 2.28. The fourth-order valence-electron chi connectivity index (χ4n) is 4.58. The van der Waals surface area contributed by atoms with E-state index in [0.29, 0.717) is 16.5 Å². The summed E-state index contributed by atoms with van der Waals surface area (Å²) in [6.07, 6.45) is 13.0. The fraction of sp³-hybridized carbons (Fsp3) is 0.400. The Morgan fingerprint density at radius 1 is 1.47 bits per heavy atom. The Bertz CT molecular complexity index is 1280. The molecule has 0 spiro atoms. The van der Waals surface area contributed by atoms with Gasteiger partial charge in [-0.3, -0.25) is 10.2 Å². The van der Waals surface area contributed by atoms with Crippen LogP contribution in [0.1, 0.15) is 71.6 Å². The maximum Gasteiger partial charge on any atom is 0.280 e. The Labute approximate surface area is 203 Å². The largest absolute Gasteiger partial charge is 0.361 e. The van der Waals surface area contributed by atoms with E-state index in [4.69, 9.17) is 22.6 Å². The minimum atomic E-state index is -0.0662. The predicted octanol–water partition coefficient (Wildman–Crippen LogP) is 2.08. The van der Waals surface area contributed by atoms with Gasteiger partial charge in [0.2, 0.25) is 0 Å². The van der Waals surface area contributed by atoms with Crippen LogP contribution >= 0.6 is 11.3 Å². The van der Waals surface area contributed by atoms with Crippen molar-refractivity contribution in [2.24, 2.45) is 16.6 Å². The van der Waals surface area contributed by atoms with Crippen molar-refractivity contribution in [2.45, 2.75) is 58.0 Å². The fourth-order valence-corrected chi connectivity index (χ4v) is 5.29. The molecule has 8 nitrogen and oxygen atoms in total. The second-order valence-corrected chi connectivity index (χ2v) is 10.1. The number of amidine groups is 1. The van der Waals surface area contributed by atoms with Crippen LogP contribution in [0.25, 0.3) is 11.0 Å². The molecular weight excluding hydrogens is 446 g/mol. The molecule has 1 fully saturated rings. The summed E-state index contributed by atoms with van der Waals surface area (Å²) < 4.78 is 2.32. The van der Waals surface area contributed by atoms with E-state index in [1.165, 1.54) is 11.3 Å². The average molecular weight is 477 g/mol. The van der Waals surface area contributed by atoms with Crippen LogP contribution in [0.15, 0.2) is 29.4 Å². The van der Waals surface area contributed by atoms with Gasteiger partial charge in [0, 0.05) is 18.5 Å². The number of aliphatic imine (C=N–C) groups is 1. The van der Waals surface area contributed by atoms with Crippen molar-refractivity contribution in [3.63, 3.8) is 0 Å². The van der Waals surface area contributed by atoms with Gasteiger partial charge in [0.25, 0.3) is 18.1 Å². The number of carbonyl (C=O) groups excluding carboxylic acids is 1. The van der Waals surface area contributed by atoms with Crippen LogP contribution in [-0.2, 0) is 6.42 Å². The highest BCUT2D eigenvalue weighted by Crippen LogP contribution is 2.34. The number of amides is 1. The minimum absolute atomic E-state index is 0.0662. The number of hydrogen-bond donors (Lipinski definition) is 3. The smallest absolute Gasteiger partial charge is 0.280 e. The molecule has 9 heteroatoms. The lowest BCUT2D eigenvalue weighted by molar-refractivity contribution is -0.106. The van der Waals surface area contributed by atoms with Crippen molar-refractivity contribution in [2.75, 3.05) is 0 Å². The molecule has 0 radical (unpaired) electrons. The van der Waals surface area contributed by atoms with E-state index in [2.05, 4.69) is 39.6 Å². The first-order valence-electron chi connectivity index (χ1n) is 11.5. The first-order valence-corrected chi connectivity index (χ1v) is 12.3. The third-order valence-electron chi connectivity index (χ3n) is 6.03. The number of nitrogens with two attached hydrogens (primary N) is 2. The van der Waals surface area contributed by atoms with Crippen LogP contribution < -0.4 is 16.5 Å². The van der Waals surface area contributed by atoms with E-state index < -0.39 is 0 Å². The third kappa shape index (κ3) is 5.02. The number of terminal acetylenes is 1. The van der Waals surface area contributed by atoms with E-state index >= 15 is 0 Å². The molecule has 1 aliphatic rings. The van der Waals surface area contributed by atoms with Crippen molar-refractivity contribution in [3.8, 4) is 12.3 Å². The van der Waals surface area contributed by atoms with Gasteiger partial charge >= 0.3 is 0 Å². The third-order valence-corrected chi connectivity index (χ3v) is 7.05. The van der Waals surface area contributed by atoms with Gasteiger partial charge in [0.15, 0.2) is 0 Å². The maximum atomic E-state index is 12.8. The lowest BCUT2D eigenvalue weighted by atomic mass is 9.90. The first kappa shape index (κ1) is 23.6. The van der Waals surface area contributed by atoms with Crippen LogP contribution in [0.2, 0.25) is 0 Å². The number of fused-ring (bicyclic) bond motifs is 1. The molecule has 0 saturated heterocycles. The molecule has 176 valence electrons. The highest BCUT2D eigenvalue weighted by molar-refractivity contribution is 7.14. The Kier molecular flexibility index (Phi) is 7.08. The van der Waals surface area contributed by atoms with Crippen LogP contribution in [-0.4, -0.2) is 38.7 Å². The van der Waals surface area contributed by atoms with Crippen molar-refractivity contribution < 1.29 is 10.2 Å². The van der Waals surface area contributed by atoms with Gasteiger partial charge in [-0.25, -0.2) is 9.97 Å². The Hall–Kier alpha value is -3.51. The molecule has 1 aliphatic carbocycles. The van der Waals surface area contributed by atoms with Gasteiger partial charge < -0.3 is 15.6 Å². The summed E-state index contributed by atoms with van der Waals surface area (Å²) in [7, 11) is 0. The van der Waals surface area contributed by atoms with E-state index in [1.807, 2.05) is 12.1 Å². The molecule has 0 aromatic carbocycles. The van der Waals surface area contributed by atoms with E-state index in [1.54, 1.807) is 12.3 Å². The number of aromatic nitrogens is 3. The molecule has 3 aromatic rings. The van der Waals surface area contributed by atoms with Crippen LogP contribution in [0.4, 0.5) is 0 Å². The standard InChI is InChI=1S/C25H29N7OS/c1-4-18-8-9-22(34-18)25(33)30-16-6-5-7-17(11-16)32-21-12-19(24(27)29-14-26)28-13-20(21)31-23(32)10-15(2)3/h1,8-9,12-17H,5-7,10-11H2,2-3H3,(H,30,33)(H3,26,27,29)/p+1/t16-,17+/m0/s1. The van der Waals surface area contributed by atoms with Gasteiger partial charge in [0.1, 0.15) is 17.0 Å². The number of hydrogen-bond acceptors (Lipinski definition) is 4. The maximum absolute atomic E-state index is 12.8. The van der Waals surface area contributed by atoms with Crippen molar-refractivity contribution in [1.29, 1.82) is 0 Å². The number of pyridine rings is 1. The first-order chi connectivity index (χ1) is 16.4. The number of rotatable bonds is 7. The summed E-state index contributed by atoms with van der Waals surface area (Å²) in [5.74, 6) is 4.26. The summed E-state index contributed by atoms with van der Waals surface area (Å²) in [5, 5.41) is 8.63. The number of imidazole rings is 1. The number of nitrogens with zero attached hydrogens (tertiary/aromatic N) is 4. The molecule has 3 aromatic heterocycles. The topological polar surface area (TPSA) is 124 Å². The summed E-state index contributed by atoms with van der Waals surface area (Å²) in [6, 6.07) is 5.81. The number of thiophene rings is 1. The molecule has 1 amide bonds. The van der Waals surface area contributed by atoms with Gasteiger partial charge in [-0.2, -0.15) is 0 Å².